The van der Waals surface area contributed by atoms with Gasteiger partial charge in [-0.05, 0) is 141 Å². The van der Waals surface area contributed by atoms with Crippen molar-refractivity contribution in [2.24, 2.45) is 0 Å². The molecule has 540 valence electrons. The maximum absolute atomic E-state index is 14.2. The first-order chi connectivity index (χ1) is 48.7. The minimum atomic E-state index is -0.787. The summed E-state index contributed by atoms with van der Waals surface area (Å²) in [6, 6.07) is 38.5. The van der Waals surface area contributed by atoms with Gasteiger partial charge in [-0.3, -0.25) is 29.0 Å². The molecule has 6 aromatic heterocycles. The summed E-state index contributed by atoms with van der Waals surface area (Å²) >= 11 is 3.39. The number of nitrogens with two attached hydrogens (primary N) is 3. The second-order valence-electron chi connectivity index (χ2n) is 23.6. The molecule has 0 aliphatic rings. The molecule has 6 heterocycles. The van der Waals surface area contributed by atoms with Gasteiger partial charge < -0.3 is 61.6 Å². The van der Waals surface area contributed by atoms with E-state index in [-0.39, 0.29) is 44.0 Å². The van der Waals surface area contributed by atoms with Crippen LogP contribution >= 0.6 is 15.9 Å². The van der Waals surface area contributed by atoms with Crippen LogP contribution in [0.15, 0.2) is 157 Å². The Morgan fingerprint density at radius 2 is 0.942 bits per heavy atom. The average Bonchev–Trinajstić information content (AvgIpc) is 1.63. The standard InChI is InChI=1S/C27H25FN6O2.C26H24FN5O2.C13H13BrN4.C4H9NO2.C4H10O3.H3N/c1-16(2)34-27-24(26(29)31-15-32-27)25(33-34)19-6-8-21(9-7-19)36-23-11-20(28)10-22(12-23)35-14-18-5-4-17(3)30-13-18;1-16(2)32-26(28)25(29-4)24(31-32)19-7-9-21(10-8-19)34-23-12-20(27)11-22(13-23)33-15-18-6-5-17(3)30-14-18;1-8(2)18-13(15)12(16-3)11(17-18)9-4-6-10(14)7-5-9;1-5(2)3-4(6)7;1-5-4(6-2)7-3;/h4-13,15-16H,14H2,1-3H3,(H2,29,31,32);5-14,16H,15,28H2,1-3H3;4-8H,15H2,1-2H3;3H2,1-2H3,(H,6,7);4H,1-3H3;1H3. The highest BCUT2D eigenvalue weighted by molar-refractivity contribution is 9.10. The summed E-state index contributed by atoms with van der Waals surface area (Å²) in [5.74, 6) is 1.81. The number of carboxylic acids is 1. The molecular weight excluding hydrogens is 1390 g/mol. The van der Waals surface area contributed by atoms with Crippen molar-refractivity contribution in [2.45, 2.75) is 93.2 Å². The maximum atomic E-state index is 14.2. The van der Waals surface area contributed by atoms with E-state index in [0.29, 0.717) is 91.4 Å². The highest BCUT2D eigenvalue weighted by Crippen LogP contribution is 2.40. The Hall–Kier alpha value is -11.4. The second-order valence-corrected chi connectivity index (χ2v) is 24.6. The Kier molecular flexibility index (Phi) is 30.0. The number of aryl methyl sites for hydroxylation is 2. The molecule has 11 aromatic rings. The molecule has 29 heteroatoms. The fourth-order valence-corrected chi connectivity index (χ4v) is 9.76. The van der Waals surface area contributed by atoms with Crippen molar-refractivity contribution in [1.29, 1.82) is 0 Å². The van der Waals surface area contributed by atoms with Gasteiger partial charge in [0.1, 0.15) is 100 Å². The van der Waals surface area contributed by atoms with Gasteiger partial charge in [-0.2, -0.15) is 15.3 Å². The smallest absolute Gasteiger partial charge is 0.317 e. The molecule has 11 rings (SSSR count). The summed E-state index contributed by atoms with van der Waals surface area (Å²) in [7, 11) is 7.97. The number of nitrogen functional groups attached to an aromatic ring is 3. The zero-order chi connectivity index (χ0) is 74.3. The number of benzene rings is 5. The molecule has 0 bridgehead atoms. The Morgan fingerprint density at radius 3 is 1.28 bits per heavy atom. The first-order valence-corrected chi connectivity index (χ1v) is 32.5. The van der Waals surface area contributed by atoms with E-state index in [4.69, 9.17) is 59.5 Å². The molecule has 0 aliphatic heterocycles. The molecule has 0 spiro atoms. The molecule has 0 saturated heterocycles. The Morgan fingerprint density at radius 1 is 0.553 bits per heavy atom. The van der Waals surface area contributed by atoms with Crippen LogP contribution in [0, 0.1) is 38.6 Å². The van der Waals surface area contributed by atoms with Gasteiger partial charge in [0.2, 0.25) is 0 Å². The van der Waals surface area contributed by atoms with E-state index in [1.807, 2.05) is 121 Å². The summed E-state index contributed by atoms with van der Waals surface area (Å²) in [5.41, 5.74) is 27.6. The number of anilines is 3. The summed E-state index contributed by atoms with van der Waals surface area (Å²) in [4.78, 5) is 35.4. The van der Waals surface area contributed by atoms with Gasteiger partial charge in [-0.1, -0.05) is 52.3 Å². The van der Waals surface area contributed by atoms with Crippen LogP contribution in [0.3, 0.4) is 0 Å². The number of aromatic nitrogens is 10. The normalized spacial score (nSPS) is 10.7. The Balaban J connectivity index is 0.000000229. The zero-order valence-corrected chi connectivity index (χ0v) is 61.1. The molecule has 0 saturated carbocycles. The van der Waals surface area contributed by atoms with Crippen molar-refractivity contribution in [3.05, 3.63) is 214 Å². The molecule has 5 aromatic carbocycles. The lowest BCUT2D eigenvalue weighted by Crippen LogP contribution is -2.20. The number of nitrogens with zero attached hydrogens (tertiary/aromatic N) is 13. The SMILES string of the molecule is CN(C)CC(=O)O.COC(OC)OC.Cc1ccc(COc2cc(F)cc(Oc3ccc(-c4nn(C(C)C)c5ncnc(N)c45)cc3)c2)cn1.N.[C-]#[N+]c1c(-c2ccc(Br)cc2)nn(C(C)C)c1N.[C-]#[N+]c1c(-c2ccc(Oc3cc(F)cc(OCc4ccc(C)nc4)c3)cc2)nn(C(C)C)c1N. The Bertz CT molecular complexity index is 4630. The third-order valence-electron chi connectivity index (χ3n) is 14.4. The minimum absolute atomic E-state index is 0. The molecule has 0 unspecified atom stereocenters. The Labute approximate surface area is 605 Å². The van der Waals surface area contributed by atoms with Gasteiger partial charge in [0.25, 0.3) is 17.9 Å². The van der Waals surface area contributed by atoms with Gasteiger partial charge in [0.15, 0.2) is 5.65 Å². The first kappa shape index (κ1) is 80.5. The third kappa shape index (κ3) is 22.8. The number of halogens is 3. The van der Waals surface area contributed by atoms with Crippen molar-refractivity contribution in [3.63, 3.8) is 0 Å². The van der Waals surface area contributed by atoms with Crippen LogP contribution in [0.1, 0.15) is 82.2 Å². The number of hydrogen-bond acceptors (Lipinski definition) is 20. The van der Waals surface area contributed by atoms with Crippen LogP contribution in [-0.2, 0) is 32.2 Å². The van der Waals surface area contributed by atoms with Crippen molar-refractivity contribution in [1.82, 2.24) is 60.3 Å². The highest BCUT2D eigenvalue weighted by atomic mass is 79.9. The summed E-state index contributed by atoms with van der Waals surface area (Å²) in [6.07, 6.45) is 4.90. The molecule has 26 nitrogen and oxygen atoms in total. The molecule has 0 amide bonds. The van der Waals surface area contributed by atoms with E-state index in [0.717, 1.165) is 43.7 Å². The lowest BCUT2D eigenvalue weighted by Gasteiger charge is -2.10. The van der Waals surface area contributed by atoms with Crippen LogP contribution in [0.2, 0.25) is 0 Å². The van der Waals surface area contributed by atoms with Crippen molar-refractivity contribution >= 4 is 61.8 Å². The lowest BCUT2D eigenvalue weighted by atomic mass is 10.1. The number of fused-ring (bicyclic) bond motifs is 1. The predicted molar refractivity (Wildman–Crippen MR) is 396 cm³/mol. The highest BCUT2D eigenvalue weighted by Gasteiger charge is 2.22. The fraction of sp³-hybridized carbons (Fsp3) is 0.270. The van der Waals surface area contributed by atoms with Crippen LogP contribution in [0.25, 0.3) is 54.5 Å². The van der Waals surface area contributed by atoms with Crippen LogP contribution in [0.4, 0.5) is 37.6 Å². The molecule has 0 radical (unpaired) electrons. The van der Waals surface area contributed by atoms with Crippen molar-refractivity contribution in [2.75, 3.05) is 59.2 Å². The van der Waals surface area contributed by atoms with Crippen molar-refractivity contribution < 1.29 is 51.8 Å². The number of pyridine rings is 2. The number of aliphatic carboxylic acids is 1. The summed E-state index contributed by atoms with van der Waals surface area (Å²) in [6.45, 7) is 30.6. The third-order valence-corrected chi connectivity index (χ3v) is 14.9. The van der Waals surface area contributed by atoms with Crippen LogP contribution in [0.5, 0.6) is 34.5 Å². The molecule has 0 atom stereocenters. The largest absolute Gasteiger partial charge is 0.489 e. The molecule has 0 fully saturated rings. The zero-order valence-electron chi connectivity index (χ0n) is 59.5. The average molecular weight is 1470 g/mol. The number of carboxylic acid groups (broad SMARTS) is 1. The number of ether oxygens (including phenoxy) is 7. The molecule has 0 aliphatic carbocycles. The van der Waals surface area contributed by atoms with E-state index >= 15 is 0 Å². The van der Waals surface area contributed by atoms with Crippen molar-refractivity contribution in [3.8, 4) is 68.3 Å². The fourth-order valence-electron chi connectivity index (χ4n) is 9.49. The monoisotopic (exact) mass is 1470 g/mol. The van der Waals surface area contributed by atoms with Gasteiger partial charge in [-0.25, -0.2) is 33.1 Å². The van der Waals surface area contributed by atoms with E-state index in [2.05, 4.69) is 70.0 Å². The summed E-state index contributed by atoms with van der Waals surface area (Å²) < 4.78 is 71.6. The first-order valence-electron chi connectivity index (χ1n) is 31.7. The number of hydrogen-bond donors (Lipinski definition) is 5. The number of carbonyl (C=O) groups is 1. The number of methoxy groups -OCH3 is 3. The minimum Gasteiger partial charge on any atom is -0.489 e. The van der Waals surface area contributed by atoms with E-state index in [9.17, 15) is 13.6 Å². The second kappa shape index (κ2) is 38.4. The summed E-state index contributed by atoms with van der Waals surface area (Å²) in [5, 5.41) is 22.4. The molecule has 10 N–H and O–H groups in total. The van der Waals surface area contributed by atoms with E-state index < -0.39 is 24.1 Å². The predicted octanol–water partition coefficient (Wildman–Crippen LogP) is 16.4. The maximum Gasteiger partial charge on any atom is 0.317 e. The molecular formula is C74H84BrF2N17O9. The van der Waals surface area contributed by atoms with Gasteiger partial charge in [-0.15, -0.1) is 0 Å². The van der Waals surface area contributed by atoms with E-state index in [1.54, 1.807) is 89.3 Å². The quantitative estimate of drug-likeness (QED) is 0.0329. The van der Waals surface area contributed by atoms with Crippen LogP contribution in [-0.4, -0.2) is 114 Å². The van der Waals surface area contributed by atoms with E-state index in [1.165, 1.54) is 51.9 Å². The number of likely N-dealkylation sites (N-methyl/N-ethyl adjacent to an activating group) is 1. The topological polar surface area (TPSA) is 332 Å². The van der Waals surface area contributed by atoms with Crippen LogP contribution < -0.4 is 42.3 Å². The van der Waals surface area contributed by atoms with Gasteiger partial charge in [0, 0.05) is 121 Å². The van der Waals surface area contributed by atoms with Gasteiger partial charge >= 0.3 is 5.97 Å². The molecule has 103 heavy (non-hydrogen) atoms. The van der Waals surface area contributed by atoms with Gasteiger partial charge in [0.05, 0.1) is 25.1 Å². The number of rotatable bonds is 21. The lowest BCUT2D eigenvalue weighted by molar-refractivity contribution is -0.252.